The molecule has 1 amide bonds. The lowest BCUT2D eigenvalue weighted by Crippen LogP contribution is -2.62. The second kappa shape index (κ2) is 10.1. The van der Waals surface area contributed by atoms with Crippen LogP contribution in [0.3, 0.4) is 0 Å². The molecule has 1 aliphatic rings. The highest BCUT2D eigenvalue weighted by Gasteiger charge is 2.46. The number of rotatable bonds is 7. The molecule has 1 aliphatic heterocycles. The van der Waals surface area contributed by atoms with E-state index in [0.29, 0.717) is 16.3 Å². The number of carbonyl (C=O) groups excluding carboxylic acids is 1. The minimum Gasteiger partial charge on any atom is -0.485 e. The highest BCUT2D eigenvalue weighted by atomic mass is 32.1. The normalized spacial score (nSPS) is 25.7. The van der Waals surface area contributed by atoms with Gasteiger partial charge in [-0.25, -0.2) is 4.68 Å². The summed E-state index contributed by atoms with van der Waals surface area (Å²) < 4.78 is 15.3. The fraction of sp³-hybridized carbons (Fsp3) is 0.571. The average molecular weight is 467 g/mol. The van der Waals surface area contributed by atoms with Crippen molar-refractivity contribution in [1.82, 2.24) is 19.7 Å². The molecular formula is C21H30N4O6S. The van der Waals surface area contributed by atoms with Gasteiger partial charge in [0.05, 0.1) is 6.61 Å². The van der Waals surface area contributed by atoms with Gasteiger partial charge in [0, 0.05) is 13.0 Å². The third kappa shape index (κ3) is 4.86. The third-order valence-electron chi connectivity index (χ3n) is 5.38. The first-order chi connectivity index (χ1) is 15.1. The van der Waals surface area contributed by atoms with Crippen LogP contribution in [0.15, 0.2) is 24.3 Å². The molecule has 0 aliphatic carbocycles. The van der Waals surface area contributed by atoms with Crippen LogP contribution in [0.5, 0.6) is 5.75 Å². The highest BCUT2D eigenvalue weighted by Crippen LogP contribution is 2.29. The Labute approximate surface area is 191 Å². The zero-order valence-corrected chi connectivity index (χ0v) is 19.3. The van der Waals surface area contributed by atoms with Crippen molar-refractivity contribution in [2.45, 2.75) is 70.9 Å². The molecule has 0 saturated carbocycles. The second-order valence-corrected chi connectivity index (χ2v) is 8.48. The number of nitrogens with zero attached hydrogens (tertiary/aromatic N) is 3. The average Bonchev–Trinajstić information content (AvgIpc) is 3.07. The molecule has 4 N–H and O–H groups in total. The number of ether oxygens (including phenoxy) is 2. The predicted octanol–water partition coefficient (Wildman–Crippen LogP) is 0.999. The number of benzene rings is 1. The monoisotopic (exact) mass is 466 g/mol. The van der Waals surface area contributed by atoms with Gasteiger partial charge in [-0.2, -0.15) is 5.10 Å². The number of amides is 1. The lowest BCUT2D eigenvalue weighted by Gasteiger charge is -2.42. The Morgan fingerprint density at radius 3 is 2.59 bits per heavy atom. The van der Waals surface area contributed by atoms with E-state index in [0.717, 1.165) is 5.56 Å². The van der Waals surface area contributed by atoms with Crippen LogP contribution >= 0.6 is 12.2 Å². The minimum atomic E-state index is -1.40. The first-order valence-electron chi connectivity index (χ1n) is 10.4. The van der Waals surface area contributed by atoms with Crippen LogP contribution in [0, 0.1) is 11.7 Å². The molecule has 0 spiro atoms. The summed E-state index contributed by atoms with van der Waals surface area (Å²) in [7, 11) is 0. The van der Waals surface area contributed by atoms with Gasteiger partial charge in [-0.15, -0.1) is 0 Å². The summed E-state index contributed by atoms with van der Waals surface area (Å²) in [5, 5.41) is 37.7. The van der Waals surface area contributed by atoms with E-state index in [1.165, 1.54) is 11.6 Å². The SMILES string of the molecule is CC(=O)N[C@@H]1[C@H](O)[C@H](O)[C@H](CO)O[C@H]1n1nc(COc2ccccc2C)n(C(C)C)c1=S. The van der Waals surface area contributed by atoms with Crippen molar-refractivity contribution < 1.29 is 29.6 Å². The van der Waals surface area contributed by atoms with Crippen molar-refractivity contribution >= 4 is 18.1 Å². The maximum atomic E-state index is 11.8. The fourth-order valence-electron chi connectivity index (χ4n) is 3.78. The van der Waals surface area contributed by atoms with E-state index in [9.17, 15) is 20.1 Å². The zero-order valence-electron chi connectivity index (χ0n) is 18.5. The first-order valence-corrected chi connectivity index (χ1v) is 10.8. The van der Waals surface area contributed by atoms with Crippen LogP contribution < -0.4 is 10.1 Å². The van der Waals surface area contributed by atoms with Gasteiger partial charge in [0.25, 0.3) is 0 Å². The van der Waals surface area contributed by atoms with Gasteiger partial charge in [-0.3, -0.25) is 9.36 Å². The van der Waals surface area contributed by atoms with Crippen molar-refractivity contribution in [1.29, 1.82) is 0 Å². The maximum absolute atomic E-state index is 11.8. The molecule has 0 radical (unpaired) electrons. The standard InChI is InChI=1S/C21H30N4O6S/c1-11(2)24-16(10-30-14-8-6-5-7-12(14)3)23-25(21(24)32)20-17(22-13(4)27)19(29)18(28)15(9-26)31-20/h5-8,11,15,17-20,26,28-29H,9-10H2,1-4H3,(H,22,27)/t15-,17+,18+,19-,20+/m0/s1. The molecule has 5 atom stereocenters. The van der Waals surface area contributed by atoms with Crippen LogP contribution in [0.2, 0.25) is 0 Å². The molecule has 1 saturated heterocycles. The zero-order chi connectivity index (χ0) is 23.6. The van der Waals surface area contributed by atoms with Gasteiger partial charge in [0.15, 0.2) is 12.1 Å². The number of aryl methyl sites for hydroxylation is 1. The Morgan fingerprint density at radius 2 is 2.00 bits per heavy atom. The first kappa shape index (κ1) is 24.3. The fourth-order valence-corrected chi connectivity index (χ4v) is 4.24. The summed E-state index contributed by atoms with van der Waals surface area (Å²) in [5.41, 5.74) is 0.978. The Morgan fingerprint density at radius 1 is 1.31 bits per heavy atom. The van der Waals surface area contributed by atoms with Gasteiger partial charge in [0.2, 0.25) is 10.7 Å². The molecule has 2 heterocycles. The quantitative estimate of drug-likeness (QED) is 0.445. The summed E-state index contributed by atoms with van der Waals surface area (Å²) >= 11 is 5.64. The summed E-state index contributed by atoms with van der Waals surface area (Å²) in [6, 6.07) is 6.52. The van der Waals surface area contributed by atoms with E-state index in [4.69, 9.17) is 21.7 Å². The minimum absolute atomic E-state index is 0.0568. The highest BCUT2D eigenvalue weighted by molar-refractivity contribution is 7.71. The van der Waals surface area contributed by atoms with E-state index in [2.05, 4.69) is 10.4 Å². The maximum Gasteiger partial charge on any atom is 0.217 e. The molecule has 1 fully saturated rings. The van der Waals surface area contributed by atoms with Gasteiger partial charge in [-0.1, -0.05) is 18.2 Å². The third-order valence-corrected chi connectivity index (χ3v) is 5.76. The van der Waals surface area contributed by atoms with Crippen molar-refractivity contribution in [3.05, 3.63) is 40.4 Å². The second-order valence-electron chi connectivity index (χ2n) is 8.12. The summed E-state index contributed by atoms with van der Waals surface area (Å²) in [6.07, 6.45) is -4.90. The van der Waals surface area contributed by atoms with Crippen molar-refractivity contribution in [3.8, 4) is 5.75 Å². The van der Waals surface area contributed by atoms with Gasteiger partial charge < -0.3 is 30.1 Å². The van der Waals surface area contributed by atoms with E-state index in [1.54, 1.807) is 4.57 Å². The number of nitrogens with one attached hydrogen (secondary N) is 1. The number of aliphatic hydroxyl groups is 3. The molecule has 0 bridgehead atoms. The summed E-state index contributed by atoms with van der Waals surface area (Å²) in [4.78, 5) is 11.8. The number of carbonyl (C=O) groups is 1. The molecule has 0 unspecified atom stereocenters. The smallest absolute Gasteiger partial charge is 0.217 e. The van der Waals surface area contributed by atoms with Crippen LogP contribution in [0.4, 0.5) is 0 Å². The Hall–Kier alpha value is -2.31. The Kier molecular flexibility index (Phi) is 7.67. The number of para-hydroxylation sites is 1. The molecule has 176 valence electrons. The van der Waals surface area contributed by atoms with Crippen LogP contribution in [-0.2, 0) is 16.1 Å². The molecule has 10 nitrogen and oxygen atoms in total. The molecule has 32 heavy (non-hydrogen) atoms. The molecular weight excluding hydrogens is 436 g/mol. The lowest BCUT2D eigenvalue weighted by atomic mass is 9.96. The Bertz CT molecular complexity index is 1010. The number of hydrogen-bond donors (Lipinski definition) is 4. The van der Waals surface area contributed by atoms with E-state index in [1.807, 2.05) is 45.0 Å². The summed E-state index contributed by atoms with van der Waals surface area (Å²) in [5.74, 6) is 0.821. The molecule has 11 heteroatoms. The molecule has 3 rings (SSSR count). The number of aromatic nitrogens is 3. The van der Waals surface area contributed by atoms with Crippen molar-refractivity contribution in [3.63, 3.8) is 0 Å². The van der Waals surface area contributed by atoms with Gasteiger partial charge >= 0.3 is 0 Å². The van der Waals surface area contributed by atoms with E-state index < -0.39 is 43.1 Å². The van der Waals surface area contributed by atoms with Crippen molar-refractivity contribution in [2.24, 2.45) is 0 Å². The molecule has 1 aromatic heterocycles. The summed E-state index contributed by atoms with van der Waals surface area (Å²) in [6.45, 7) is 6.73. The predicted molar refractivity (Wildman–Crippen MR) is 118 cm³/mol. The van der Waals surface area contributed by atoms with Crippen LogP contribution in [0.1, 0.15) is 44.4 Å². The molecule has 1 aromatic carbocycles. The number of aliphatic hydroxyl groups excluding tert-OH is 3. The Balaban J connectivity index is 1.99. The topological polar surface area (TPSA) is 131 Å². The number of hydrogen-bond acceptors (Lipinski definition) is 8. The van der Waals surface area contributed by atoms with Crippen LogP contribution in [-0.4, -0.2) is 66.5 Å². The van der Waals surface area contributed by atoms with Gasteiger partial charge in [0.1, 0.15) is 36.7 Å². The largest absolute Gasteiger partial charge is 0.485 e. The van der Waals surface area contributed by atoms with Crippen LogP contribution in [0.25, 0.3) is 0 Å². The lowest BCUT2D eigenvalue weighted by molar-refractivity contribution is -0.219. The van der Waals surface area contributed by atoms with Gasteiger partial charge in [-0.05, 0) is 44.6 Å². The molecule has 2 aromatic rings. The van der Waals surface area contributed by atoms with Crippen molar-refractivity contribution in [2.75, 3.05) is 6.61 Å². The van der Waals surface area contributed by atoms with E-state index in [-0.39, 0.29) is 12.6 Å². The van der Waals surface area contributed by atoms with E-state index >= 15 is 0 Å².